The van der Waals surface area contributed by atoms with Gasteiger partial charge in [-0.1, -0.05) is 41.5 Å². The molecule has 0 atom stereocenters. The average Bonchev–Trinajstić information content (AvgIpc) is 2.56. The Labute approximate surface area is 95.8 Å². The summed E-state index contributed by atoms with van der Waals surface area (Å²) in [7, 11) is 0. The molecular formula is C15H28. The van der Waals surface area contributed by atoms with Gasteiger partial charge < -0.3 is 0 Å². The summed E-state index contributed by atoms with van der Waals surface area (Å²) in [6.45, 7) is 14.7. The van der Waals surface area contributed by atoms with Gasteiger partial charge in [0.05, 0.1) is 0 Å². The van der Waals surface area contributed by atoms with Crippen LogP contribution < -0.4 is 0 Å². The van der Waals surface area contributed by atoms with E-state index in [0.717, 1.165) is 5.41 Å². The van der Waals surface area contributed by atoms with Crippen molar-refractivity contribution in [3.05, 3.63) is 0 Å². The minimum atomic E-state index is 0.456. The Morgan fingerprint density at radius 2 is 1.07 bits per heavy atom. The molecule has 1 spiro atoms. The Morgan fingerprint density at radius 3 is 1.27 bits per heavy atom. The zero-order valence-electron chi connectivity index (χ0n) is 11.5. The Hall–Kier alpha value is 0. The second-order valence-corrected chi connectivity index (χ2v) is 8.26. The van der Waals surface area contributed by atoms with Gasteiger partial charge in [-0.2, -0.15) is 0 Å². The maximum atomic E-state index is 2.46. The molecular weight excluding hydrogens is 180 g/mol. The van der Waals surface area contributed by atoms with Crippen LogP contribution in [0.2, 0.25) is 0 Å². The molecule has 0 saturated heterocycles. The fourth-order valence-corrected chi connectivity index (χ4v) is 4.30. The van der Waals surface area contributed by atoms with Gasteiger partial charge in [-0.05, 0) is 53.8 Å². The van der Waals surface area contributed by atoms with Gasteiger partial charge in [0.15, 0.2) is 0 Å². The molecule has 0 amide bonds. The van der Waals surface area contributed by atoms with Crippen molar-refractivity contribution in [2.24, 2.45) is 21.7 Å². The molecule has 2 aliphatic carbocycles. The van der Waals surface area contributed by atoms with E-state index in [2.05, 4.69) is 41.5 Å². The van der Waals surface area contributed by atoms with E-state index < -0.39 is 0 Å². The highest BCUT2D eigenvalue weighted by Crippen LogP contribution is 2.72. The van der Waals surface area contributed by atoms with Crippen LogP contribution in [0.3, 0.4) is 0 Å². The van der Waals surface area contributed by atoms with Gasteiger partial charge in [0, 0.05) is 0 Å². The van der Waals surface area contributed by atoms with Gasteiger partial charge in [0.25, 0.3) is 0 Å². The van der Waals surface area contributed by atoms with Crippen LogP contribution in [0.5, 0.6) is 0 Å². The van der Waals surface area contributed by atoms with Crippen molar-refractivity contribution in [1.82, 2.24) is 0 Å². The molecule has 88 valence electrons. The first-order valence-corrected chi connectivity index (χ1v) is 6.62. The smallest absolute Gasteiger partial charge is 0.0195 e. The minimum absolute atomic E-state index is 0.456. The first-order valence-electron chi connectivity index (χ1n) is 6.62. The Morgan fingerprint density at radius 1 is 0.667 bits per heavy atom. The minimum Gasteiger partial charge on any atom is -0.0596 e. The highest BCUT2D eigenvalue weighted by molar-refractivity contribution is 5.12. The molecule has 0 bridgehead atoms. The third-order valence-corrected chi connectivity index (χ3v) is 5.59. The number of hydrogen-bond donors (Lipinski definition) is 0. The molecule has 0 heterocycles. The lowest BCUT2D eigenvalue weighted by Crippen LogP contribution is -2.44. The molecule has 0 nitrogen and oxygen atoms in total. The Bertz CT molecular complexity index is 241. The standard InChI is InChI=1S/C15H28/c1-12(2,3)15(13(4,5)6)10-9-14(11-15)7-8-14/h7-11H2,1-6H3. The van der Waals surface area contributed by atoms with Gasteiger partial charge >= 0.3 is 0 Å². The largest absolute Gasteiger partial charge is 0.0596 e. The molecule has 0 heteroatoms. The monoisotopic (exact) mass is 208 g/mol. The molecule has 2 rings (SSSR count). The SMILES string of the molecule is CC(C)(C)C1(C(C)(C)C)CCC2(CC2)C1. The normalized spacial score (nSPS) is 28.4. The second kappa shape index (κ2) is 2.81. The summed E-state index contributed by atoms with van der Waals surface area (Å²) in [6.07, 6.45) is 7.48. The molecule has 2 saturated carbocycles. The predicted molar refractivity (Wildman–Crippen MR) is 66.9 cm³/mol. The molecule has 2 fully saturated rings. The quantitative estimate of drug-likeness (QED) is 0.524. The summed E-state index contributed by atoms with van der Waals surface area (Å²) in [6, 6.07) is 0. The number of rotatable bonds is 0. The lowest BCUT2D eigenvalue weighted by molar-refractivity contribution is -0.0304. The molecule has 15 heavy (non-hydrogen) atoms. The maximum absolute atomic E-state index is 2.46. The van der Waals surface area contributed by atoms with E-state index in [4.69, 9.17) is 0 Å². The van der Waals surface area contributed by atoms with E-state index >= 15 is 0 Å². The highest BCUT2D eigenvalue weighted by Gasteiger charge is 2.61. The Kier molecular flexibility index (Phi) is 2.15. The van der Waals surface area contributed by atoms with Crippen molar-refractivity contribution < 1.29 is 0 Å². The van der Waals surface area contributed by atoms with Crippen molar-refractivity contribution >= 4 is 0 Å². The van der Waals surface area contributed by atoms with Crippen LogP contribution in [0, 0.1) is 21.7 Å². The molecule has 0 unspecified atom stereocenters. The predicted octanol–water partition coefficient (Wildman–Crippen LogP) is 5.03. The lowest BCUT2D eigenvalue weighted by Gasteiger charge is -2.52. The summed E-state index contributed by atoms with van der Waals surface area (Å²) in [5.41, 5.74) is 2.27. The first-order chi connectivity index (χ1) is 6.62. The summed E-state index contributed by atoms with van der Waals surface area (Å²) in [5, 5.41) is 0. The van der Waals surface area contributed by atoms with Crippen LogP contribution >= 0.6 is 0 Å². The molecule has 0 aromatic heterocycles. The van der Waals surface area contributed by atoms with Crippen LogP contribution in [0.25, 0.3) is 0 Å². The van der Waals surface area contributed by atoms with Crippen LogP contribution in [0.4, 0.5) is 0 Å². The molecule has 0 aliphatic heterocycles. The van der Waals surface area contributed by atoms with Crippen molar-refractivity contribution in [1.29, 1.82) is 0 Å². The summed E-state index contributed by atoms with van der Waals surface area (Å²) < 4.78 is 0. The second-order valence-electron chi connectivity index (χ2n) is 8.26. The van der Waals surface area contributed by atoms with Crippen LogP contribution in [-0.2, 0) is 0 Å². The van der Waals surface area contributed by atoms with Crippen LogP contribution in [0.15, 0.2) is 0 Å². The summed E-state index contributed by atoms with van der Waals surface area (Å²) in [5.74, 6) is 0. The van der Waals surface area contributed by atoms with Gasteiger partial charge in [-0.25, -0.2) is 0 Å². The van der Waals surface area contributed by atoms with Gasteiger partial charge in [-0.3, -0.25) is 0 Å². The third kappa shape index (κ3) is 1.56. The van der Waals surface area contributed by atoms with E-state index in [-0.39, 0.29) is 0 Å². The topological polar surface area (TPSA) is 0 Å². The molecule has 0 radical (unpaired) electrons. The molecule has 2 aliphatic rings. The van der Waals surface area contributed by atoms with Crippen LogP contribution in [-0.4, -0.2) is 0 Å². The van der Waals surface area contributed by atoms with Crippen molar-refractivity contribution in [3.63, 3.8) is 0 Å². The molecule has 0 aromatic rings. The highest BCUT2D eigenvalue weighted by atomic mass is 14.7. The van der Waals surface area contributed by atoms with Gasteiger partial charge in [0.1, 0.15) is 0 Å². The van der Waals surface area contributed by atoms with Crippen molar-refractivity contribution in [3.8, 4) is 0 Å². The van der Waals surface area contributed by atoms with Gasteiger partial charge in [-0.15, -0.1) is 0 Å². The van der Waals surface area contributed by atoms with Gasteiger partial charge in [0.2, 0.25) is 0 Å². The molecule has 0 aromatic carbocycles. The van der Waals surface area contributed by atoms with E-state index in [9.17, 15) is 0 Å². The Balaban J connectivity index is 2.34. The zero-order chi connectivity index (χ0) is 11.5. The van der Waals surface area contributed by atoms with Crippen molar-refractivity contribution in [2.75, 3.05) is 0 Å². The van der Waals surface area contributed by atoms with E-state index in [1.54, 1.807) is 0 Å². The average molecular weight is 208 g/mol. The van der Waals surface area contributed by atoms with Crippen molar-refractivity contribution in [2.45, 2.75) is 73.6 Å². The first kappa shape index (κ1) is 11.5. The third-order valence-electron chi connectivity index (χ3n) is 5.59. The number of hydrogen-bond acceptors (Lipinski definition) is 0. The molecule has 0 N–H and O–H groups in total. The van der Waals surface area contributed by atoms with E-state index in [0.29, 0.717) is 16.2 Å². The van der Waals surface area contributed by atoms with Crippen LogP contribution in [0.1, 0.15) is 73.6 Å². The van der Waals surface area contributed by atoms with E-state index in [1.807, 2.05) is 0 Å². The fraction of sp³-hybridized carbons (Fsp3) is 1.00. The van der Waals surface area contributed by atoms with E-state index in [1.165, 1.54) is 32.1 Å². The zero-order valence-corrected chi connectivity index (χ0v) is 11.5. The summed E-state index contributed by atoms with van der Waals surface area (Å²) >= 11 is 0. The fourth-order valence-electron chi connectivity index (χ4n) is 4.30. The lowest BCUT2D eigenvalue weighted by atomic mass is 9.53. The summed E-state index contributed by atoms with van der Waals surface area (Å²) in [4.78, 5) is 0. The maximum Gasteiger partial charge on any atom is -0.0195 e.